The van der Waals surface area contributed by atoms with Crippen molar-refractivity contribution >= 4 is 29.3 Å². The Labute approximate surface area is 135 Å². The van der Waals surface area contributed by atoms with Crippen molar-refractivity contribution in [2.75, 3.05) is 0 Å². The number of nitrogens with zero attached hydrogens (tertiary/aromatic N) is 2. The van der Waals surface area contributed by atoms with Crippen LogP contribution in [0.2, 0.25) is 0 Å². The van der Waals surface area contributed by atoms with Crippen LogP contribution < -0.4 is 5.32 Å². The Hall–Kier alpha value is -2.33. The van der Waals surface area contributed by atoms with Gasteiger partial charge in [0.05, 0.1) is 17.4 Å². The van der Waals surface area contributed by atoms with Crippen molar-refractivity contribution in [2.45, 2.75) is 19.5 Å². The smallest absolute Gasteiger partial charge is 0.222 e. The molecule has 0 spiro atoms. The van der Waals surface area contributed by atoms with Gasteiger partial charge in [-0.25, -0.2) is 4.98 Å². The maximum Gasteiger partial charge on any atom is 0.222 e. The number of nitrogens with one attached hydrogen (secondary N) is 1. The van der Waals surface area contributed by atoms with E-state index in [0.29, 0.717) is 19.5 Å². The highest BCUT2D eigenvalue weighted by molar-refractivity contribution is 5.85. The number of halogens is 1. The van der Waals surface area contributed by atoms with Gasteiger partial charge in [0.2, 0.25) is 5.91 Å². The van der Waals surface area contributed by atoms with E-state index in [9.17, 15) is 4.79 Å². The molecular weight excluding hydrogens is 298 g/mol. The second kappa shape index (κ2) is 7.61. The number of para-hydroxylation sites is 2. The van der Waals surface area contributed by atoms with Crippen LogP contribution in [-0.2, 0) is 17.9 Å². The molecule has 5 heteroatoms. The molecule has 1 heterocycles. The number of carbonyl (C=O) groups excluding carboxylic acids is 1. The van der Waals surface area contributed by atoms with E-state index in [4.69, 9.17) is 0 Å². The van der Waals surface area contributed by atoms with Gasteiger partial charge in [-0.3, -0.25) is 4.79 Å². The molecule has 0 saturated carbocycles. The van der Waals surface area contributed by atoms with Crippen LogP contribution in [0.3, 0.4) is 0 Å². The normalized spacial score (nSPS) is 10.2. The summed E-state index contributed by atoms with van der Waals surface area (Å²) in [6, 6.07) is 17.9. The predicted octanol–water partition coefficient (Wildman–Crippen LogP) is 3.16. The Morgan fingerprint density at radius 3 is 2.59 bits per heavy atom. The number of fused-ring (bicyclic) bond motifs is 1. The second-order valence-corrected chi connectivity index (χ2v) is 4.94. The SMILES string of the molecule is Cl.O=C(CCn1cnc2ccccc21)NCc1ccccc1. The standard InChI is InChI=1S/C17H17N3O.ClH/c21-17(18-12-14-6-2-1-3-7-14)10-11-20-13-19-15-8-4-5-9-16(15)20;/h1-9,13H,10-12H2,(H,18,21);1H. The minimum absolute atomic E-state index is 0. The molecule has 1 aromatic heterocycles. The Bertz CT molecular complexity index is 740. The van der Waals surface area contributed by atoms with Crippen LogP contribution in [0.15, 0.2) is 60.9 Å². The molecule has 0 bridgehead atoms. The van der Waals surface area contributed by atoms with Crippen molar-refractivity contribution in [3.8, 4) is 0 Å². The van der Waals surface area contributed by atoms with Crippen molar-refractivity contribution in [1.82, 2.24) is 14.9 Å². The predicted molar refractivity (Wildman–Crippen MR) is 89.9 cm³/mol. The first-order valence-electron chi connectivity index (χ1n) is 7.03. The van der Waals surface area contributed by atoms with Crippen molar-refractivity contribution in [2.24, 2.45) is 0 Å². The Morgan fingerprint density at radius 1 is 1.05 bits per heavy atom. The molecule has 1 amide bonds. The maximum absolute atomic E-state index is 11.9. The molecule has 0 radical (unpaired) electrons. The number of benzene rings is 2. The van der Waals surface area contributed by atoms with Crippen LogP contribution in [0, 0.1) is 0 Å². The molecule has 3 rings (SSSR count). The van der Waals surface area contributed by atoms with Gasteiger partial charge in [-0.15, -0.1) is 12.4 Å². The van der Waals surface area contributed by atoms with Crippen LogP contribution in [0.25, 0.3) is 11.0 Å². The molecular formula is C17H18ClN3O. The van der Waals surface area contributed by atoms with Gasteiger partial charge in [0.15, 0.2) is 0 Å². The van der Waals surface area contributed by atoms with E-state index in [0.717, 1.165) is 16.6 Å². The lowest BCUT2D eigenvalue weighted by Crippen LogP contribution is -2.23. The van der Waals surface area contributed by atoms with Gasteiger partial charge < -0.3 is 9.88 Å². The highest BCUT2D eigenvalue weighted by Crippen LogP contribution is 2.12. The summed E-state index contributed by atoms with van der Waals surface area (Å²) in [6.45, 7) is 1.21. The molecule has 0 fully saturated rings. The van der Waals surface area contributed by atoms with Crippen molar-refractivity contribution < 1.29 is 4.79 Å². The minimum Gasteiger partial charge on any atom is -0.352 e. The molecule has 4 nitrogen and oxygen atoms in total. The Balaban J connectivity index is 0.00000176. The largest absolute Gasteiger partial charge is 0.352 e. The van der Waals surface area contributed by atoms with Gasteiger partial charge in [0, 0.05) is 19.5 Å². The van der Waals surface area contributed by atoms with E-state index in [2.05, 4.69) is 10.3 Å². The van der Waals surface area contributed by atoms with Crippen molar-refractivity contribution in [1.29, 1.82) is 0 Å². The molecule has 22 heavy (non-hydrogen) atoms. The molecule has 0 aliphatic heterocycles. The molecule has 0 aliphatic rings. The second-order valence-electron chi connectivity index (χ2n) is 4.94. The average molecular weight is 316 g/mol. The number of rotatable bonds is 5. The third-order valence-electron chi connectivity index (χ3n) is 3.44. The molecule has 0 aliphatic carbocycles. The van der Waals surface area contributed by atoms with E-state index >= 15 is 0 Å². The van der Waals surface area contributed by atoms with E-state index in [1.807, 2.05) is 59.2 Å². The zero-order valence-corrected chi connectivity index (χ0v) is 12.9. The van der Waals surface area contributed by atoms with Crippen LogP contribution in [-0.4, -0.2) is 15.5 Å². The van der Waals surface area contributed by atoms with Gasteiger partial charge in [-0.05, 0) is 17.7 Å². The third-order valence-corrected chi connectivity index (χ3v) is 3.44. The summed E-state index contributed by atoms with van der Waals surface area (Å²) in [4.78, 5) is 16.2. The number of imidazole rings is 1. The fraction of sp³-hybridized carbons (Fsp3) is 0.176. The molecule has 0 atom stereocenters. The van der Waals surface area contributed by atoms with E-state index in [1.165, 1.54) is 0 Å². The molecule has 3 aromatic rings. The number of hydrogen-bond acceptors (Lipinski definition) is 2. The third kappa shape index (κ3) is 3.86. The summed E-state index contributed by atoms with van der Waals surface area (Å²) >= 11 is 0. The number of aryl methyl sites for hydroxylation is 1. The van der Waals surface area contributed by atoms with Crippen LogP contribution in [0.4, 0.5) is 0 Å². The zero-order chi connectivity index (χ0) is 14.5. The van der Waals surface area contributed by atoms with E-state index in [-0.39, 0.29) is 18.3 Å². The Kier molecular flexibility index (Phi) is 5.55. The highest BCUT2D eigenvalue weighted by atomic mass is 35.5. The van der Waals surface area contributed by atoms with Crippen molar-refractivity contribution in [3.63, 3.8) is 0 Å². The summed E-state index contributed by atoms with van der Waals surface area (Å²) in [6.07, 6.45) is 2.24. The summed E-state index contributed by atoms with van der Waals surface area (Å²) in [5, 5.41) is 2.94. The summed E-state index contributed by atoms with van der Waals surface area (Å²) in [5.41, 5.74) is 3.13. The molecule has 0 saturated heterocycles. The summed E-state index contributed by atoms with van der Waals surface area (Å²) in [7, 11) is 0. The minimum atomic E-state index is 0. The quantitative estimate of drug-likeness (QED) is 0.786. The molecule has 2 aromatic carbocycles. The lowest BCUT2D eigenvalue weighted by Gasteiger charge is -2.06. The number of aromatic nitrogens is 2. The first kappa shape index (κ1) is 16.0. The average Bonchev–Trinajstić information content (AvgIpc) is 2.95. The fourth-order valence-electron chi connectivity index (χ4n) is 2.30. The summed E-state index contributed by atoms with van der Waals surface area (Å²) in [5.74, 6) is 0.0524. The number of amides is 1. The van der Waals surface area contributed by atoms with Crippen LogP contribution in [0.5, 0.6) is 0 Å². The first-order chi connectivity index (χ1) is 10.3. The monoisotopic (exact) mass is 315 g/mol. The van der Waals surface area contributed by atoms with Gasteiger partial charge in [-0.1, -0.05) is 42.5 Å². The van der Waals surface area contributed by atoms with Gasteiger partial charge in [0.25, 0.3) is 0 Å². The van der Waals surface area contributed by atoms with Gasteiger partial charge >= 0.3 is 0 Å². The lowest BCUT2D eigenvalue weighted by atomic mass is 10.2. The fourth-order valence-corrected chi connectivity index (χ4v) is 2.30. The molecule has 0 unspecified atom stereocenters. The van der Waals surface area contributed by atoms with Gasteiger partial charge in [0.1, 0.15) is 0 Å². The van der Waals surface area contributed by atoms with E-state index in [1.54, 1.807) is 6.33 Å². The highest BCUT2D eigenvalue weighted by Gasteiger charge is 2.05. The molecule has 1 N–H and O–H groups in total. The van der Waals surface area contributed by atoms with Crippen molar-refractivity contribution in [3.05, 3.63) is 66.5 Å². The number of carbonyl (C=O) groups is 1. The first-order valence-corrected chi connectivity index (χ1v) is 7.03. The van der Waals surface area contributed by atoms with Crippen LogP contribution in [0.1, 0.15) is 12.0 Å². The lowest BCUT2D eigenvalue weighted by molar-refractivity contribution is -0.121. The summed E-state index contributed by atoms with van der Waals surface area (Å²) < 4.78 is 2.01. The molecule has 114 valence electrons. The van der Waals surface area contributed by atoms with E-state index < -0.39 is 0 Å². The maximum atomic E-state index is 11.9. The topological polar surface area (TPSA) is 46.9 Å². The zero-order valence-electron chi connectivity index (χ0n) is 12.1. The van der Waals surface area contributed by atoms with Gasteiger partial charge in [-0.2, -0.15) is 0 Å². The number of hydrogen-bond donors (Lipinski definition) is 1. The Morgan fingerprint density at radius 2 is 1.77 bits per heavy atom. The van der Waals surface area contributed by atoms with Crippen LogP contribution >= 0.6 is 12.4 Å².